The van der Waals surface area contributed by atoms with E-state index in [0.29, 0.717) is 6.04 Å². The Morgan fingerprint density at radius 3 is 2.68 bits per heavy atom. The molecule has 0 spiro atoms. The minimum absolute atomic E-state index is 0.233. The highest BCUT2D eigenvalue weighted by atomic mass is 16.3. The number of piperidine rings is 1. The molecule has 2 aliphatic rings. The smallest absolute Gasteiger partial charge is 0.0822 e. The molecule has 134 valence electrons. The summed E-state index contributed by atoms with van der Waals surface area (Å²) in [5.74, 6) is 0. The first-order valence-electron chi connectivity index (χ1n) is 9.77. The number of aromatic nitrogens is 1. The molecule has 2 atom stereocenters. The van der Waals surface area contributed by atoms with Crippen molar-refractivity contribution >= 4 is 10.8 Å². The van der Waals surface area contributed by atoms with Crippen molar-refractivity contribution in [2.45, 2.75) is 50.8 Å². The van der Waals surface area contributed by atoms with Crippen molar-refractivity contribution in [1.29, 1.82) is 0 Å². The first kappa shape index (κ1) is 17.0. The van der Waals surface area contributed by atoms with Gasteiger partial charge in [-0.3, -0.25) is 14.8 Å². The minimum Gasteiger partial charge on any atom is -0.390 e. The van der Waals surface area contributed by atoms with Gasteiger partial charge >= 0.3 is 0 Å². The Morgan fingerprint density at radius 1 is 1.04 bits per heavy atom. The van der Waals surface area contributed by atoms with Crippen LogP contribution in [0.2, 0.25) is 0 Å². The maximum absolute atomic E-state index is 10.8. The van der Waals surface area contributed by atoms with Crippen LogP contribution in [0.4, 0.5) is 0 Å². The molecule has 0 amide bonds. The largest absolute Gasteiger partial charge is 0.390 e. The molecule has 1 aromatic carbocycles. The number of fused-ring (bicyclic) bond motifs is 1. The van der Waals surface area contributed by atoms with Crippen molar-refractivity contribution in [3.05, 3.63) is 42.2 Å². The van der Waals surface area contributed by atoms with Gasteiger partial charge < -0.3 is 5.11 Å². The van der Waals surface area contributed by atoms with Crippen LogP contribution < -0.4 is 0 Å². The lowest BCUT2D eigenvalue weighted by Gasteiger charge is -2.41. The van der Waals surface area contributed by atoms with E-state index in [2.05, 4.69) is 39.0 Å². The number of β-amino-alcohol motifs (C(OH)–C–C–N with tert-alkyl or cyclic N) is 1. The van der Waals surface area contributed by atoms with Crippen LogP contribution in [0.3, 0.4) is 0 Å². The van der Waals surface area contributed by atoms with Crippen LogP contribution in [-0.4, -0.2) is 58.2 Å². The van der Waals surface area contributed by atoms with Crippen LogP contribution in [0.15, 0.2) is 36.7 Å². The van der Waals surface area contributed by atoms with Crippen molar-refractivity contribution in [1.82, 2.24) is 14.8 Å². The zero-order valence-electron chi connectivity index (χ0n) is 15.0. The van der Waals surface area contributed by atoms with Gasteiger partial charge in [0.2, 0.25) is 0 Å². The van der Waals surface area contributed by atoms with E-state index in [0.717, 1.165) is 39.1 Å². The molecule has 2 saturated heterocycles. The summed E-state index contributed by atoms with van der Waals surface area (Å²) in [7, 11) is 0. The van der Waals surface area contributed by atoms with Gasteiger partial charge in [0.15, 0.2) is 0 Å². The molecule has 0 aliphatic carbocycles. The number of aliphatic hydroxyl groups excluding tert-OH is 1. The number of likely N-dealkylation sites (tertiary alicyclic amines) is 2. The first-order chi connectivity index (χ1) is 12.3. The Labute approximate surface area is 150 Å². The number of nitrogens with zero attached hydrogens (tertiary/aromatic N) is 3. The molecular formula is C21H29N3O. The molecule has 2 fully saturated rings. The third kappa shape index (κ3) is 3.86. The topological polar surface area (TPSA) is 39.6 Å². The molecule has 3 heterocycles. The fourth-order valence-corrected chi connectivity index (χ4v) is 4.55. The molecule has 25 heavy (non-hydrogen) atoms. The van der Waals surface area contributed by atoms with Gasteiger partial charge in [0.25, 0.3) is 0 Å². The van der Waals surface area contributed by atoms with Crippen LogP contribution in [0.25, 0.3) is 10.8 Å². The lowest BCUT2D eigenvalue weighted by atomic mass is 9.98. The lowest BCUT2D eigenvalue weighted by molar-refractivity contribution is -0.0143. The summed E-state index contributed by atoms with van der Waals surface area (Å²) >= 11 is 0. The molecule has 4 rings (SSSR count). The Bertz CT molecular complexity index is 691. The van der Waals surface area contributed by atoms with E-state index in [1.807, 2.05) is 12.4 Å². The number of hydrogen-bond donors (Lipinski definition) is 1. The number of benzene rings is 1. The molecular weight excluding hydrogens is 310 g/mol. The molecule has 4 heteroatoms. The van der Waals surface area contributed by atoms with Gasteiger partial charge in [-0.15, -0.1) is 0 Å². The fourth-order valence-electron chi connectivity index (χ4n) is 4.55. The Hall–Kier alpha value is -1.49. The summed E-state index contributed by atoms with van der Waals surface area (Å²) in [6.45, 7) is 5.09. The van der Waals surface area contributed by atoms with Crippen molar-refractivity contribution in [3.63, 3.8) is 0 Å². The molecule has 4 nitrogen and oxygen atoms in total. The third-order valence-electron chi connectivity index (χ3n) is 5.91. The zero-order chi connectivity index (χ0) is 17.1. The Balaban J connectivity index is 1.42. The summed E-state index contributed by atoms with van der Waals surface area (Å²) in [4.78, 5) is 9.19. The van der Waals surface area contributed by atoms with Gasteiger partial charge in [-0.05, 0) is 49.4 Å². The molecule has 1 N–H and O–H groups in total. The minimum atomic E-state index is -0.233. The normalized spacial score (nSPS) is 26.6. The second-order valence-electron chi connectivity index (χ2n) is 7.62. The predicted octanol–water partition coefficient (Wildman–Crippen LogP) is 3.05. The third-order valence-corrected chi connectivity index (χ3v) is 5.91. The molecule has 0 bridgehead atoms. The van der Waals surface area contributed by atoms with E-state index in [1.54, 1.807) is 0 Å². The number of rotatable bonds is 3. The maximum atomic E-state index is 10.8. The standard InChI is InChI=1S/C21H29N3O/c25-21-16-23(13-9-20(21)24-11-3-1-2-4-12-24)15-18-7-5-6-17-14-22-10-8-19(17)18/h5-8,10,14,20-21,25H,1-4,9,11-13,15-16H2/t20-,21-/m1/s1. The number of hydrogen-bond acceptors (Lipinski definition) is 4. The van der Waals surface area contributed by atoms with Crippen LogP contribution in [0, 0.1) is 0 Å². The summed E-state index contributed by atoms with van der Waals surface area (Å²) < 4.78 is 0. The Morgan fingerprint density at radius 2 is 1.88 bits per heavy atom. The number of aliphatic hydroxyl groups is 1. The average molecular weight is 339 g/mol. The molecule has 1 aromatic heterocycles. The van der Waals surface area contributed by atoms with E-state index in [1.165, 1.54) is 42.0 Å². The van der Waals surface area contributed by atoms with Gasteiger partial charge in [-0.2, -0.15) is 0 Å². The zero-order valence-corrected chi connectivity index (χ0v) is 15.0. The highest BCUT2D eigenvalue weighted by molar-refractivity contribution is 5.84. The van der Waals surface area contributed by atoms with E-state index in [-0.39, 0.29) is 6.10 Å². The molecule has 0 saturated carbocycles. The maximum Gasteiger partial charge on any atom is 0.0822 e. The van der Waals surface area contributed by atoms with Gasteiger partial charge in [-0.1, -0.05) is 31.0 Å². The van der Waals surface area contributed by atoms with Crippen LogP contribution in [0.5, 0.6) is 0 Å². The molecule has 0 unspecified atom stereocenters. The summed E-state index contributed by atoms with van der Waals surface area (Å²) in [5, 5.41) is 13.3. The first-order valence-corrected chi connectivity index (χ1v) is 9.77. The summed E-state index contributed by atoms with van der Waals surface area (Å²) in [5.41, 5.74) is 1.33. The van der Waals surface area contributed by atoms with Crippen molar-refractivity contribution in [3.8, 4) is 0 Å². The fraction of sp³-hybridized carbons (Fsp3) is 0.571. The van der Waals surface area contributed by atoms with Crippen LogP contribution in [0.1, 0.15) is 37.7 Å². The van der Waals surface area contributed by atoms with E-state index < -0.39 is 0 Å². The van der Waals surface area contributed by atoms with Gasteiger partial charge in [0.05, 0.1) is 6.10 Å². The highest BCUT2D eigenvalue weighted by Gasteiger charge is 2.32. The molecule has 0 radical (unpaired) electrons. The number of pyridine rings is 1. The average Bonchev–Trinajstić information content (AvgIpc) is 2.91. The van der Waals surface area contributed by atoms with E-state index in [4.69, 9.17) is 0 Å². The van der Waals surface area contributed by atoms with Gasteiger partial charge in [0, 0.05) is 43.5 Å². The van der Waals surface area contributed by atoms with Crippen molar-refractivity contribution < 1.29 is 5.11 Å². The van der Waals surface area contributed by atoms with Gasteiger partial charge in [0.1, 0.15) is 0 Å². The van der Waals surface area contributed by atoms with Crippen LogP contribution >= 0.6 is 0 Å². The van der Waals surface area contributed by atoms with E-state index >= 15 is 0 Å². The van der Waals surface area contributed by atoms with Crippen molar-refractivity contribution in [2.75, 3.05) is 26.2 Å². The SMILES string of the molecule is O[C@@H]1CN(Cc2cccc3cnccc23)CC[C@H]1N1CCCCCC1. The monoisotopic (exact) mass is 339 g/mol. The Kier molecular flexibility index (Phi) is 5.30. The second kappa shape index (κ2) is 7.81. The van der Waals surface area contributed by atoms with E-state index in [9.17, 15) is 5.11 Å². The quantitative estimate of drug-likeness (QED) is 0.933. The predicted molar refractivity (Wildman–Crippen MR) is 101 cm³/mol. The second-order valence-corrected chi connectivity index (χ2v) is 7.62. The lowest BCUT2D eigenvalue weighted by Crippen LogP contribution is -2.54. The highest BCUT2D eigenvalue weighted by Crippen LogP contribution is 2.24. The van der Waals surface area contributed by atoms with Crippen LogP contribution in [-0.2, 0) is 6.54 Å². The molecule has 2 aliphatic heterocycles. The van der Waals surface area contributed by atoms with Gasteiger partial charge in [-0.25, -0.2) is 0 Å². The summed E-state index contributed by atoms with van der Waals surface area (Å²) in [6, 6.07) is 8.89. The summed E-state index contributed by atoms with van der Waals surface area (Å²) in [6.07, 6.45) is 9.92. The molecule has 2 aromatic rings. The van der Waals surface area contributed by atoms with Crippen molar-refractivity contribution in [2.24, 2.45) is 0 Å².